The molecule has 2 aromatic carbocycles. The average Bonchev–Trinajstić information content (AvgIpc) is 2.56. The van der Waals surface area contributed by atoms with E-state index in [9.17, 15) is 17.6 Å². The van der Waals surface area contributed by atoms with Gasteiger partial charge in [-0.3, -0.25) is 4.79 Å². The highest BCUT2D eigenvalue weighted by Crippen LogP contribution is 2.29. The van der Waals surface area contributed by atoms with Crippen LogP contribution in [-0.4, -0.2) is 39.3 Å². The zero-order valence-corrected chi connectivity index (χ0v) is 15.1. The number of likely N-dealkylation sites (N-methyl/N-ethyl adjacent to an activating group) is 1. The Morgan fingerprint density at radius 1 is 1.28 bits per heavy atom. The van der Waals surface area contributed by atoms with Crippen molar-refractivity contribution < 1.29 is 22.3 Å². The van der Waals surface area contributed by atoms with Crippen molar-refractivity contribution >= 4 is 33.2 Å². The van der Waals surface area contributed by atoms with Gasteiger partial charge < -0.3 is 10.1 Å². The van der Waals surface area contributed by atoms with Gasteiger partial charge in [0.15, 0.2) is 0 Å². The molecule has 0 saturated heterocycles. The third-order valence-electron chi connectivity index (χ3n) is 3.33. The SMILES string of the molecule is COc1ccc(Cl)cc1S(=O)(=O)N(C)CC(=O)Nc1ccccc1F. The van der Waals surface area contributed by atoms with Crippen molar-refractivity contribution in [3.8, 4) is 5.75 Å². The van der Waals surface area contributed by atoms with E-state index in [2.05, 4.69) is 5.32 Å². The van der Waals surface area contributed by atoms with E-state index in [0.717, 1.165) is 4.31 Å². The van der Waals surface area contributed by atoms with E-state index in [-0.39, 0.29) is 21.4 Å². The van der Waals surface area contributed by atoms with Crippen LogP contribution in [0.2, 0.25) is 5.02 Å². The molecule has 0 radical (unpaired) electrons. The van der Waals surface area contributed by atoms with Crippen molar-refractivity contribution in [3.05, 3.63) is 53.3 Å². The van der Waals surface area contributed by atoms with Crippen LogP contribution in [0.4, 0.5) is 10.1 Å². The summed E-state index contributed by atoms with van der Waals surface area (Å²) < 4.78 is 44.7. The first kappa shape index (κ1) is 19.2. The fourth-order valence-corrected chi connectivity index (χ4v) is 3.60. The Morgan fingerprint density at radius 2 is 1.96 bits per heavy atom. The lowest BCUT2D eigenvalue weighted by molar-refractivity contribution is -0.116. The largest absolute Gasteiger partial charge is 0.495 e. The fourth-order valence-electron chi connectivity index (χ4n) is 2.06. The zero-order valence-electron chi connectivity index (χ0n) is 13.5. The molecule has 1 amide bonds. The molecule has 0 heterocycles. The van der Waals surface area contributed by atoms with Gasteiger partial charge in [0.2, 0.25) is 15.9 Å². The summed E-state index contributed by atoms with van der Waals surface area (Å²) in [6.45, 7) is -0.508. The summed E-state index contributed by atoms with van der Waals surface area (Å²) in [5.41, 5.74) is -0.0290. The van der Waals surface area contributed by atoms with E-state index in [1.807, 2.05) is 0 Å². The summed E-state index contributed by atoms with van der Waals surface area (Å²) in [7, 11) is -1.47. The van der Waals surface area contributed by atoms with Crippen LogP contribution in [0, 0.1) is 5.82 Å². The summed E-state index contributed by atoms with van der Waals surface area (Å²) >= 11 is 5.86. The second kappa shape index (κ2) is 7.81. The number of para-hydroxylation sites is 1. The molecule has 2 rings (SSSR count). The Hall–Kier alpha value is -2.16. The highest BCUT2D eigenvalue weighted by molar-refractivity contribution is 7.89. The maximum absolute atomic E-state index is 13.6. The Labute approximate surface area is 150 Å². The van der Waals surface area contributed by atoms with Crippen LogP contribution in [0.25, 0.3) is 0 Å². The molecular weight excluding hydrogens is 371 g/mol. The Balaban J connectivity index is 2.19. The maximum atomic E-state index is 13.6. The van der Waals surface area contributed by atoms with Crippen LogP contribution in [0.5, 0.6) is 5.75 Å². The normalized spacial score (nSPS) is 11.4. The average molecular weight is 387 g/mol. The predicted molar refractivity (Wildman–Crippen MR) is 92.8 cm³/mol. The molecule has 9 heteroatoms. The number of rotatable bonds is 6. The van der Waals surface area contributed by atoms with Crippen molar-refractivity contribution in [2.45, 2.75) is 4.90 Å². The third-order valence-corrected chi connectivity index (χ3v) is 5.39. The first-order chi connectivity index (χ1) is 11.8. The second-order valence-corrected chi connectivity index (χ2v) is 7.53. The van der Waals surface area contributed by atoms with Crippen LogP contribution in [0.15, 0.2) is 47.4 Å². The number of amides is 1. The number of nitrogens with one attached hydrogen (secondary N) is 1. The van der Waals surface area contributed by atoms with Crippen molar-refractivity contribution in [1.29, 1.82) is 0 Å². The minimum absolute atomic E-state index is 0.0290. The van der Waals surface area contributed by atoms with Crippen LogP contribution in [0.1, 0.15) is 0 Å². The maximum Gasteiger partial charge on any atom is 0.247 e. The zero-order chi connectivity index (χ0) is 18.6. The quantitative estimate of drug-likeness (QED) is 0.828. The van der Waals surface area contributed by atoms with E-state index >= 15 is 0 Å². The van der Waals surface area contributed by atoms with Gasteiger partial charge in [-0.2, -0.15) is 4.31 Å². The summed E-state index contributed by atoms with van der Waals surface area (Å²) in [4.78, 5) is 11.9. The van der Waals surface area contributed by atoms with Crippen molar-refractivity contribution in [1.82, 2.24) is 4.31 Å². The number of hydrogen-bond donors (Lipinski definition) is 1. The van der Waals surface area contributed by atoms with Gasteiger partial charge in [0.1, 0.15) is 16.5 Å². The molecule has 1 N–H and O–H groups in total. The molecule has 0 aliphatic rings. The molecule has 0 aliphatic carbocycles. The van der Waals surface area contributed by atoms with E-state index in [4.69, 9.17) is 16.3 Å². The molecule has 0 unspecified atom stereocenters. The summed E-state index contributed by atoms with van der Waals surface area (Å²) in [6.07, 6.45) is 0. The van der Waals surface area contributed by atoms with Crippen molar-refractivity contribution in [2.24, 2.45) is 0 Å². The van der Waals surface area contributed by atoms with E-state index < -0.39 is 28.3 Å². The summed E-state index contributed by atoms with van der Waals surface area (Å²) in [5.74, 6) is -1.19. The lowest BCUT2D eigenvalue weighted by atomic mass is 10.3. The minimum Gasteiger partial charge on any atom is -0.495 e. The Kier molecular flexibility index (Phi) is 5.99. The number of ether oxygens (including phenoxy) is 1. The highest BCUT2D eigenvalue weighted by atomic mass is 35.5. The molecule has 0 spiro atoms. The highest BCUT2D eigenvalue weighted by Gasteiger charge is 2.27. The smallest absolute Gasteiger partial charge is 0.247 e. The molecule has 6 nitrogen and oxygen atoms in total. The first-order valence-corrected chi connectivity index (χ1v) is 8.91. The number of hydrogen-bond acceptors (Lipinski definition) is 4. The molecule has 0 fully saturated rings. The van der Waals surface area contributed by atoms with Gasteiger partial charge in [-0.1, -0.05) is 23.7 Å². The number of anilines is 1. The Bertz CT molecular complexity index is 889. The monoisotopic (exact) mass is 386 g/mol. The molecule has 134 valence electrons. The predicted octanol–water partition coefficient (Wildman–Crippen LogP) is 2.75. The van der Waals surface area contributed by atoms with Gasteiger partial charge in [0.25, 0.3) is 0 Å². The lowest BCUT2D eigenvalue weighted by Crippen LogP contribution is -2.35. The van der Waals surface area contributed by atoms with Gasteiger partial charge in [-0.25, -0.2) is 12.8 Å². The molecule has 0 aliphatic heterocycles. The van der Waals surface area contributed by atoms with Crippen LogP contribution >= 0.6 is 11.6 Å². The third kappa shape index (κ3) is 4.47. The van der Waals surface area contributed by atoms with Crippen LogP contribution < -0.4 is 10.1 Å². The molecule has 0 bridgehead atoms. The standard InChI is InChI=1S/C16H16ClFN2O4S/c1-20(10-16(21)19-13-6-4-3-5-12(13)18)25(22,23)15-9-11(17)7-8-14(15)24-2/h3-9H,10H2,1-2H3,(H,19,21). The second-order valence-electron chi connectivity index (χ2n) is 5.08. The molecule has 25 heavy (non-hydrogen) atoms. The van der Waals surface area contributed by atoms with Gasteiger partial charge >= 0.3 is 0 Å². The number of halogens is 2. The minimum atomic E-state index is -4.03. The van der Waals surface area contributed by atoms with Gasteiger partial charge in [0, 0.05) is 12.1 Å². The van der Waals surface area contributed by atoms with Crippen molar-refractivity contribution in [3.63, 3.8) is 0 Å². The van der Waals surface area contributed by atoms with Crippen LogP contribution in [0.3, 0.4) is 0 Å². The molecule has 0 atom stereocenters. The number of carbonyl (C=O) groups is 1. The molecule has 0 aromatic heterocycles. The van der Waals surface area contributed by atoms with Crippen molar-refractivity contribution in [2.75, 3.05) is 26.0 Å². The first-order valence-electron chi connectivity index (χ1n) is 7.10. The fraction of sp³-hybridized carbons (Fsp3) is 0.188. The number of sulfonamides is 1. The number of methoxy groups -OCH3 is 1. The van der Waals surface area contributed by atoms with Crippen LogP contribution in [-0.2, 0) is 14.8 Å². The summed E-state index contributed by atoms with van der Waals surface area (Å²) in [6, 6.07) is 9.74. The number of carbonyl (C=O) groups excluding carboxylic acids is 1. The van der Waals surface area contributed by atoms with E-state index in [1.165, 1.54) is 50.6 Å². The van der Waals surface area contributed by atoms with Gasteiger partial charge in [-0.15, -0.1) is 0 Å². The Morgan fingerprint density at radius 3 is 2.60 bits per heavy atom. The summed E-state index contributed by atoms with van der Waals surface area (Å²) in [5, 5.41) is 2.54. The van der Waals surface area contributed by atoms with Gasteiger partial charge in [0.05, 0.1) is 19.3 Å². The molecule has 0 saturated carbocycles. The number of nitrogens with zero attached hydrogens (tertiary/aromatic N) is 1. The van der Waals surface area contributed by atoms with E-state index in [0.29, 0.717) is 0 Å². The van der Waals surface area contributed by atoms with Gasteiger partial charge in [-0.05, 0) is 30.3 Å². The number of benzene rings is 2. The van der Waals surface area contributed by atoms with E-state index in [1.54, 1.807) is 6.07 Å². The molecule has 2 aromatic rings. The topological polar surface area (TPSA) is 75.7 Å². The lowest BCUT2D eigenvalue weighted by Gasteiger charge is -2.18. The molecular formula is C16H16ClFN2O4S.